The van der Waals surface area contributed by atoms with Crippen molar-refractivity contribution in [3.8, 4) is 11.1 Å². The zero-order chi connectivity index (χ0) is 23.2. The van der Waals surface area contributed by atoms with Crippen LogP contribution in [-0.2, 0) is 10.0 Å². The van der Waals surface area contributed by atoms with Gasteiger partial charge in [0.2, 0.25) is 0 Å². The van der Waals surface area contributed by atoms with Crippen LogP contribution in [0.15, 0.2) is 78.0 Å². The van der Waals surface area contributed by atoms with Gasteiger partial charge in [-0.3, -0.25) is 4.72 Å². The topological polar surface area (TPSA) is 70.5 Å². The molecule has 0 saturated carbocycles. The van der Waals surface area contributed by atoms with Crippen molar-refractivity contribution in [1.82, 2.24) is 14.5 Å². The van der Waals surface area contributed by atoms with Crippen molar-refractivity contribution >= 4 is 32.4 Å². The third kappa shape index (κ3) is 3.96. The highest BCUT2D eigenvalue weighted by Gasteiger charge is 2.29. The number of fused-ring (bicyclic) bond motifs is 1. The minimum atomic E-state index is -3.74. The van der Waals surface area contributed by atoms with E-state index in [4.69, 9.17) is 0 Å². The number of sulfonamides is 1. The fourth-order valence-electron chi connectivity index (χ4n) is 4.36. The fraction of sp³-hybridized carbons (Fsp3) is 0.240. The molecule has 1 fully saturated rings. The monoisotopic (exact) mass is 461 g/mol. The van der Waals surface area contributed by atoms with E-state index in [1.54, 1.807) is 42.6 Å². The molecule has 33 heavy (non-hydrogen) atoms. The first-order valence-electron chi connectivity index (χ1n) is 10.9. The summed E-state index contributed by atoms with van der Waals surface area (Å²) in [6, 6.07) is 18.7. The number of likely N-dealkylation sites (N-methyl/N-ethyl adjacent to an activating group) is 1. The molecular weight excluding hydrogens is 434 g/mol. The lowest BCUT2D eigenvalue weighted by Gasteiger charge is -2.37. The summed E-state index contributed by atoms with van der Waals surface area (Å²) in [7, 11) is 2.37. The first-order chi connectivity index (χ1) is 15.8. The minimum absolute atomic E-state index is 0.228. The highest BCUT2D eigenvalue weighted by Crippen LogP contribution is 2.39. The molecule has 4 aromatic rings. The minimum Gasteiger partial charge on any atom is -0.378 e. The van der Waals surface area contributed by atoms with Gasteiger partial charge >= 0.3 is 0 Å². The summed E-state index contributed by atoms with van der Waals surface area (Å²) in [5.74, 6) is 0. The second-order valence-corrected chi connectivity index (χ2v) is 10.4. The maximum atomic E-state index is 13.1. The number of benzene rings is 2. The molecule has 3 heterocycles. The molecule has 2 aromatic heterocycles. The Morgan fingerprint density at radius 2 is 1.79 bits per heavy atom. The molecule has 8 heteroatoms. The summed E-state index contributed by atoms with van der Waals surface area (Å²) >= 11 is 0. The van der Waals surface area contributed by atoms with E-state index in [-0.39, 0.29) is 4.90 Å². The SMILES string of the molecule is CN1CC(n2cc(-c3cccc(N(C)C)c3)c3c(NS(=O)(=O)c4ccccc4)ccnc32)C1. The second-order valence-electron chi connectivity index (χ2n) is 8.75. The molecule has 170 valence electrons. The lowest BCUT2D eigenvalue weighted by molar-refractivity contribution is 0.144. The number of rotatable bonds is 6. The molecule has 0 unspecified atom stereocenters. The van der Waals surface area contributed by atoms with Gasteiger partial charge in [-0.05, 0) is 42.9 Å². The van der Waals surface area contributed by atoms with Gasteiger partial charge in [-0.2, -0.15) is 0 Å². The van der Waals surface area contributed by atoms with Crippen LogP contribution in [0.25, 0.3) is 22.2 Å². The molecular formula is C25H27N5O2S. The number of nitrogens with one attached hydrogen (secondary N) is 1. The predicted octanol–water partition coefficient (Wildman–Crippen LogP) is 4.06. The highest BCUT2D eigenvalue weighted by molar-refractivity contribution is 7.92. The largest absolute Gasteiger partial charge is 0.378 e. The first-order valence-corrected chi connectivity index (χ1v) is 12.4. The van der Waals surface area contributed by atoms with Crippen LogP contribution in [-0.4, -0.2) is 57.1 Å². The van der Waals surface area contributed by atoms with Gasteiger partial charge < -0.3 is 14.4 Å². The molecule has 2 aromatic carbocycles. The second kappa shape index (κ2) is 8.20. The summed E-state index contributed by atoms with van der Waals surface area (Å²) in [6.45, 7) is 1.87. The molecule has 7 nitrogen and oxygen atoms in total. The summed E-state index contributed by atoms with van der Waals surface area (Å²) in [6.07, 6.45) is 3.79. The van der Waals surface area contributed by atoms with E-state index in [0.29, 0.717) is 11.7 Å². The van der Waals surface area contributed by atoms with Crippen LogP contribution in [0.3, 0.4) is 0 Å². The van der Waals surface area contributed by atoms with Crippen LogP contribution >= 0.6 is 0 Å². The van der Waals surface area contributed by atoms with Gasteiger partial charge in [-0.1, -0.05) is 30.3 Å². The Balaban J connectivity index is 1.69. The number of nitrogens with zero attached hydrogens (tertiary/aromatic N) is 4. The van der Waals surface area contributed by atoms with Gasteiger partial charge in [-0.15, -0.1) is 0 Å². The molecule has 0 bridgehead atoms. The van der Waals surface area contributed by atoms with E-state index >= 15 is 0 Å². The molecule has 0 aliphatic carbocycles. The standard InChI is InChI=1S/C25H27N5O2S/c1-28(2)19-9-7-8-18(14-19)22-17-30(20-15-29(3)16-20)25-24(22)23(12-13-26-25)27-33(31,32)21-10-5-4-6-11-21/h4-14,17,20H,15-16H2,1-3H3,(H,26,27). The maximum Gasteiger partial charge on any atom is 0.261 e. The van der Waals surface area contributed by atoms with Crippen molar-refractivity contribution in [3.63, 3.8) is 0 Å². The van der Waals surface area contributed by atoms with E-state index in [2.05, 4.69) is 55.5 Å². The summed E-state index contributed by atoms with van der Waals surface area (Å²) < 4.78 is 31.3. The van der Waals surface area contributed by atoms with Crippen LogP contribution in [0.1, 0.15) is 6.04 Å². The van der Waals surface area contributed by atoms with Crippen molar-refractivity contribution in [3.05, 3.63) is 73.1 Å². The van der Waals surface area contributed by atoms with Gasteiger partial charge in [0.25, 0.3) is 10.0 Å². The molecule has 5 rings (SSSR count). The third-order valence-corrected chi connectivity index (χ3v) is 7.50. The van der Waals surface area contributed by atoms with Crippen LogP contribution in [0.5, 0.6) is 0 Å². The molecule has 0 spiro atoms. The number of hydrogen-bond acceptors (Lipinski definition) is 5. The number of aromatic nitrogens is 2. The van der Waals surface area contributed by atoms with Crippen molar-refractivity contribution in [2.45, 2.75) is 10.9 Å². The quantitative estimate of drug-likeness (QED) is 0.469. The maximum absolute atomic E-state index is 13.1. The van der Waals surface area contributed by atoms with Gasteiger partial charge in [0.15, 0.2) is 0 Å². The Kier molecular flexibility index (Phi) is 5.34. The molecule has 1 N–H and O–H groups in total. The van der Waals surface area contributed by atoms with E-state index in [0.717, 1.165) is 40.9 Å². The van der Waals surface area contributed by atoms with E-state index in [9.17, 15) is 8.42 Å². The number of pyridine rings is 1. The Bertz CT molecular complexity index is 1410. The summed E-state index contributed by atoms with van der Waals surface area (Å²) in [4.78, 5) is 9.21. The van der Waals surface area contributed by atoms with E-state index in [1.165, 1.54) is 0 Å². The zero-order valence-electron chi connectivity index (χ0n) is 18.9. The number of likely N-dealkylation sites (tertiary alicyclic amines) is 1. The van der Waals surface area contributed by atoms with Crippen molar-refractivity contribution in [2.75, 3.05) is 43.9 Å². The smallest absolute Gasteiger partial charge is 0.261 e. The highest BCUT2D eigenvalue weighted by atomic mass is 32.2. The van der Waals surface area contributed by atoms with Crippen LogP contribution in [0.2, 0.25) is 0 Å². The normalized spacial score (nSPS) is 14.9. The van der Waals surface area contributed by atoms with E-state index in [1.807, 2.05) is 20.2 Å². The van der Waals surface area contributed by atoms with Crippen LogP contribution in [0.4, 0.5) is 11.4 Å². The molecule has 0 atom stereocenters. The van der Waals surface area contributed by atoms with Gasteiger partial charge in [0.1, 0.15) is 5.65 Å². The van der Waals surface area contributed by atoms with Crippen molar-refractivity contribution in [1.29, 1.82) is 0 Å². The summed E-state index contributed by atoms with van der Waals surface area (Å²) in [5, 5.41) is 0.808. The molecule has 0 amide bonds. The number of hydrogen-bond donors (Lipinski definition) is 1. The van der Waals surface area contributed by atoms with E-state index < -0.39 is 10.0 Å². The average molecular weight is 462 g/mol. The fourth-order valence-corrected chi connectivity index (χ4v) is 5.45. The van der Waals surface area contributed by atoms with Gasteiger partial charge in [-0.25, -0.2) is 13.4 Å². The van der Waals surface area contributed by atoms with Crippen molar-refractivity contribution < 1.29 is 8.42 Å². The molecule has 0 radical (unpaired) electrons. The molecule has 1 aliphatic rings. The van der Waals surface area contributed by atoms with Crippen LogP contribution < -0.4 is 9.62 Å². The molecule has 1 aliphatic heterocycles. The number of anilines is 2. The van der Waals surface area contributed by atoms with Gasteiger partial charge in [0.05, 0.1) is 22.0 Å². The Morgan fingerprint density at radius 1 is 1.03 bits per heavy atom. The Labute approximate surface area is 194 Å². The molecule has 1 saturated heterocycles. The average Bonchev–Trinajstić information content (AvgIpc) is 3.18. The van der Waals surface area contributed by atoms with Crippen molar-refractivity contribution in [2.24, 2.45) is 0 Å². The summed E-state index contributed by atoms with van der Waals surface area (Å²) in [5.41, 5.74) is 4.37. The predicted molar refractivity (Wildman–Crippen MR) is 133 cm³/mol. The van der Waals surface area contributed by atoms with Gasteiger partial charge in [0, 0.05) is 50.8 Å². The lowest BCUT2D eigenvalue weighted by Crippen LogP contribution is -2.44. The Morgan fingerprint density at radius 3 is 2.48 bits per heavy atom. The lowest BCUT2D eigenvalue weighted by atomic mass is 10.0. The third-order valence-electron chi connectivity index (χ3n) is 6.12. The Hall–Kier alpha value is -3.36. The zero-order valence-corrected chi connectivity index (χ0v) is 19.7. The van der Waals surface area contributed by atoms with Crippen LogP contribution in [0, 0.1) is 0 Å². The first kappa shape index (κ1) is 21.5.